The Morgan fingerprint density at radius 3 is 2.12 bits per heavy atom. The molecule has 25 heavy (non-hydrogen) atoms. The number of nitrogens with one attached hydrogen (secondary N) is 2. The van der Waals surface area contributed by atoms with E-state index in [0.29, 0.717) is 5.69 Å². The van der Waals surface area contributed by atoms with E-state index in [4.69, 9.17) is 0 Å². The third-order valence-electron chi connectivity index (χ3n) is 3.29. The number of urea groups is 1. The first kappa shape index (κ1) is 18.4. The summed E-state index contributed by atoms with van der Waals surface area (Å²) in [5.41, 5.74) is 1.81. The van der Waals surface area contributed by atoms with Crippen molar-refractivity contribution in [2.24, 2.45) is 0 Å². The van der Waals surface area contributed by atoms with Gasteiger partial charge >= 0.3 is 6.03 Å². The van der Waals surface area contributed by atoms with Gasteiger partial charge in [0.2, 0.25) is 0 Å². The van der Waals surface area contributed by atoms with E-state index in [1.807, 2.05) is 0 Å². The van der Waals surface area contributed by atoms with Crippen LogP contribution in [0, 0.1) is 11.6 Å². The smallest absolute Gasteiger partial charge is 0.307 e. The molecule has 0 fully saturated rings. The molecule has 0 aliphatic carbocycles. The van der Waals surface area contributed by atoms with Gasteiger partial charge in [0.25, 0.3) is 5.91 Å². The highest BCUT2D eigenvalue weighted by atomic mass is 19.1. The second-order valence-electron chi connectivity index (χ2n) is 6.36. The highest BCUT2D eigenvalue weighted by Gasteiger charge is 2.30. The summed E-state index contributed by atoms with van der Waals surface area (Å²) >= 11 is 0. The molecular formula is C18H19F2N3O2. The van der Waals surface area contributed by atoms with Gasteiger partial charge < -0.3 is 5.32 Å². The molecule has 0 saturated carbocycles. The van der Waals surface area contributed by atoms with Crippen LogP contribution >= 0.6 is 0 Å². The lowest BCUT2D eigenvalue weighted by molar-refractivity contribution is 0.0456. The van der Waals surface area contributed by atoms with E-state index in [9.17, 15) is 18.4 Å². The molecule has 2 N–H and O–H groups in total. The first-order valence-electron chi connectivity index (χ1n) is 7.61. The molecule has 7 heteroatoms. The lowest BCUT2D eigenvalue weighted by Crippen LogP contribution is -2.57. The van der Waals surface area contributed by atoms with Crippen molar-refractivity contribution in [3.63, 3.8) is 0 Å². The number of amides is 3. The highest BCUT2D eigenvalue weighted by molar-refractivity contribution is 5.97. The molecule has 132 valence electrons. The summed E-state index contributed by atoms with van der Waals surface area (Å²) in [6.07, 6.45) is 0. The first-order chi connectivity index (χ1) is 11.7. The molecular weight excluding hydrogens is 328 g/mol. The first-order valence-corrected chi connectivity index (χ1v) is 7.61. The van der Waals surface area contributed by atoms with Crippen molar-refractivity contribution in [3.8, 4) is 0 Å². The highest BCUT2D eigenvalue weighted by Crippen LogP contribution is 2.17. The number of benzene rings is 2. The van der Waals surface area contributed by atoms with Crippen molar-refractivity contribution in [1.29, 1.82) is 0 Å². The molecule has 2 rings (SSSR count). The SMILES string of the molecule is CC(C)(C)N(NC(=O)Nc1ccc(F)cc1)C(=O)c1ccccc1F. The predicted molar refractivity (Wildman–Crippen MR) is 90.9 cm³/mol. The molecule has 5 nitrogen and oxygen atoms in total. The van der Waals surface area contributed by atoms with Crippen LogP contribution in [0.2, 0.25) is 0 Å². The quantitative estimate of drug-likeness (QED) is 0.808. The average molecular weight is 347 g/mol. The minimum atomic E-state index is -0.806. The molecule has 0 radical (unpaired) electrons. The fourth-order valence-electron chi connectivity index (χ4n) is 2.07. The Kier molecular flexibility index (Phi) is 5.36. The van der Waals surface area contributed by atoms with Crippen LogP contribution in [0.15, 0.2) is 48.5 Å². The van der Waals surface area contributed by atoms with Crippen LogP contribution in [-0.4, -0.2) is 22.5 Å². The molecule has 2 aromatic rings. The Morgan fingerprint density at radius 1 is 0.960 bits per heavy atom. The summed E-state index contributed by atoms with van der Waals surface area (Å²) in [7, 11) is 0. The number of anilines is 1. The topological polar surface area (TPSA) is 61.4 Å². The average Bonchev–Trinajstić information content (AvgIpc) is 2.53. The van der Waals surface area contributed by atoms with Gasteiger partial charge in [-0.15, -0.1) is 0 Å². The largest absolute Gasteiger partial charge is 0.338 e. The third-order valence-corrected chi connectivity index (χ3v) is 3.29. The lowest BCUT2D eigenvalue weighted by Gasteiger charge is -2.35. The van der Waals surface area contributed by atoms with Crippen LogP contribution < -0.4 is 10.7 Å². The Morgan fingerprint density at radius 2 is 1.56 bits per heavy atom. The fraction of sp³-hybridized carbons (Fsp3) is 0.222. The van der Waals surface area contributed by atoms with E-state index in [0.717, 1.165) is 5.01 Å². The molecule has 2 aromatic carbocycles. The molecule has 0 saturated heterocycles. The number of nitrogens with zero attached hydrogens (tertiary/aromatic N) is 1. The van der Waals surface area contributed by atoms with Gasteiger partial charge in [0.05, 0.1) is 11.1 Å². The molecule has 0 aliphatic heterocycles. The summed E-state index contributed by atoms with van der Waals surface area (Å²) in [6, 6.07) is 9.99. The van der Waals surface area contributed by atoms with E-state index in [1.165, 1.54) is 48.5 Å². The van der Waals surface area contributed by atoms with Gasteiger partial charge in [-0.25, -0.2) is 24.0 Å². The van der Waals surface area contributed by atoms with Gasteiger partial charge in [0.1, 0.15) is 11.6 Å². The molecule has 0 spiro atoms. The van der Waals surface area contributed by atoms with Crippen molar-refractivity contribution in [2.75, 3.05) is 5.32 Å². The Bertz CT molecular complexity index is 771. The van der Waals surface area contributed by atoms with Gasteiger partial charge in [-0.1, -0.05) is 12.1 Å². The van der Waals surface area contributed by atoms with Gasteiger partial charge in [-0.3, -0.25) is 4.79 Å². The number of halogens is 2. The minimum absolute atomic E-state index is 0.153. The van der Waals surface area contributed by atoms with E-state index < -0.39 is 29.1 Å². The van der Waals surface area contributed by atoms with E-state index in [2.05, 4.69) is 10.7 Å². The summed E-state index contributed by atoms with van der Waals surface area (Å²) < 4.78 is 26.8. The van der Waals surface area contributed by atoms with Crippen molar-refractivity contribution < 1.29 is 18.4 Å². The fourth-order valence-corrected chi connectivity index (χ4v) is 2.07. The summed E-state index contributed by atoms with van der Waals surface area (Å²) in [5, 5.41) is 3.53. The lowest BCUT2D eigenvalue weighted by atomic mass is 10.1. The van der Waals surface area contributed by atoms with Gasteiger partial charge in [-0.2, -0.15) is 0 Å². The zero-order valence-corrected chi connectivity index (χ0v) is 14.1. The van der Waals surface area contributed by atoms with Crippen LogP contribution in [0.25, 0.3) is 0 Å². The number of carbonyl (C=O) groups excluding carboxylic acids is 2. The predicted octanol–water partition coefficient (Wildman–Crippen LogP) is 3.94. The van der Waals surface area contributed by atoms with Crippen LogP contribution in [-0.2, 0) is 0 Å². The standard InChI is InChI=1S/C18H19F2N3O2/c1-18(2,3)23(16(24)14-6-4-5-7-15(14)20)22-17(25)21-13-10-8-12(19)9-11-13/h4-11H,1-3H3,(H2,21,22,25). The number of carbonyl (C=O) groups is 2. The second-order valence-corrected chi connectivity index (χ2v) is 6.36. The molecule has 0 unspecified atom stereocenters. The maximum Gasteiger partial charge on any atom is 0.338 e. The molecule has 0 bridgehead atoms. The minimum Gasteiger partial charge on any atom is -0.307 e. The molecule has 0 aliphatic rings. The van der Waals surface area contributed by atoms with Gasteiger partial charge in [0.15, 0.2) is 0 Å². The summed E-state index contributed by atoms with van der Waals surface area (Å²) in [4.78, 5) is 24.8. The molecule has 0 aromatic heterocycles. The van der Waals surface area contributed by atoms with E-state index in [1.54, 1.807) is 20.8 Å². The van der Waals surface area contributed by atoms with Crippen LogP contribution in [0.3, 0.4) is 0 Å². The Labute approximate surface area is 144 Å². The monoisotopic (exact) mass is 347 g/mol. The number of hydrogen-bond acceptors (Lipinski definition) is 2. The van der Waals surface area contributed by atoms with Crippen molar-refractivity contribution in [2.45, 2.75) is 26.3 Å². The number of hydrazine groups is 1. The Balaban J connectivity index is 2.18. The van der Waals surface area contributed by atoms with Crippen LogP contribution in [0.4, 0.5) is 19.3 Å². The third kappa shape index (κ3) is 4.76. The molecule has 0 heterocycles. The number of rotatable bonds is 2. The maximum atomic E-state index is 13.9. The second kappa shape index (κ2) is 7.29. The maximum absolute atomic E-state index is 13.9. The normalized spacial score (nSPS) is 10.9. The zero-order valence-electron chi connectivity index (χ0n) is 14.1. The number of hydrogen-bond donors (Lipinski definition) is 2. The van der Waals surface area contributed by atoms with Crippen LogP contribution in [0.5, 0.6) is 0 Å². The summed E-state index contributed by atoms with van der Waals surface area (Å²) in [5.74, 6) is -1.79. The van der Waals surface area contributed by atoms with Gasteiger partial charge in [0, 0.05) is 5.69 Å². The van der Waals surface area contributed by atoms with Gasteiger partial charge in [-0.05, 0) is 57.2 Å². The van der Waals surface area contributed by atoms with E-state index >= 15 is 0 Å². The molecule has 0 atom stereocenters. The molecule has 3 amide bonds. The van der Waals surface area contributed by atoms with Crippen molar-refractivity contribution >= 4 is 17.6 Å². The van der Waals surface area contributed by atoms with Crippen molar-refractivity contribution in [1.82, 2.24) is 10.4 Å². The van der Waals surface area contributed by atoms with Crippen molar-refractivity contribution in [3.05, 3.63) is 65.7 Å². The Hall–Kier alpha value is -2.96. The zero-order chi connectivity index (χ0) is 18.6. The van der Waals surface area contributed by atoms with Crippen LogP contribution in [0.1, 0.15) is 31.1 Å². The summed E-state index contributed by atoms with van der Waals surface area (Å²) in [6.45, 7) is 5.09. The van der Waals surface area contributed by atoms with E-state index in [-0.39, 0.29) is 5.56 Å².